The Hall–Kier alpha value is -0.0400. The lowest BCUT2D eigenvalue weighted by atomic mass is 9.77. The Morgan fingerprint density at radius 1 is 0.444 bits per heavy atom. The molecule has 0 saturated heterocycles. The molecule has 0 aromatic heterocycles. The monoisotopic (exact) mass is 251 g/mol. The van der Waals surface area contributed by atoms with Crippen molar-refractivity contribution in [1.29, 1.82) is 0 Å². The van der Waals surface area contributed by atoms with Gasteiger partial charge in [0.25, 0.3) is 0 Å². The predicted octanol–water partition coefficient (Wildman–Crippen LogP) is 5.03. The molecule has 2 rings (SSSR count). The maximum Gasteiger partial charge on any atom is 0.00388 e. The summed E-state index contributed by atoms with van der Waals surface area (Å²) in [6.45, 7) is 0. The normalized spacial score (nSPS) is 36.8. The highest BCUT2D eigenvalue weighted by Crippen LogP contribution is 2.35. The first-order valence-electron chi connectivity index (χ1n) is 8.62. The fraction of sp³-hybridized carbons (Fsp3) is 1.00. The number of fused-ring (bicyclic) bond motifs is 1. The van der Waals surface area contributed by atoms with E-state index in [1.807, 2.05) is 0 Å². The maximum absolute atomic E-state index is 6.17. The lowest BCUT2D eigenvalue weighted by Crippen LogP contribution is -2.19. The summed E-state index contributed by atoms with van der Waals surface area (Å²) in [6.07, 6.45) is 20.2. The smallest absolute Gasteiger partial charge is 0.00388 e. The second-order valence-corrected chi connectivity index (χ2v) is 6.84. The largest absolute Gasteiger partial charge is 0.328 e. The van der Waals surface area contributed by atoms with Gasteiger partial charge in [0.1, 0.15) is 0 Å². The predicted molar refractivity (Wildman–Crippen MR) is 79.6 cm³/mol. The fourth-order valence-electron chi connectivity index (χ4n) is 4.17. The molecule has 106 valence electrons. The molecule has 1 heteroatoms. The topological polar surface area (TPSA) is 26.0 Å². The van der Waals surface area contributed by atoms with Gasteiger partial charge in [0.05, 0.1) is 0 Å². The van der Waals surface area contributed by atoms with E-state index in [2.05, 4.69) is 0 Å². The van der Waals surface area contributed by atoms with E-state index in [0.29, 0.717) is 6.04 Å². The third kappa shape index (κ3) is 4.91. The van der Waals surface area contributed by atoms with Crippen molar-refractivity contribution in [2.75, 3.05) is 0 Å². The first kappa shape index (κ1) is 14.4. The van der Waals surface area contributed by atoms with Crippen LogP contribution in [0.5, 0.6) is 0 Å². The molecule has 0 aromatic carbocycles. The number of hydrogen-bond donors (Lipinski definition) is 1. The van der Waals surface area contributed by atoms with Gasteiger partial charge in [-0.1, -0.05) is 77.0 Å². The van der Waals surface area contributed by atoms with Gasteiger partial charge in [0.15, 0.2) is 0 Å². The van der Waals surface area contributed by atoms with E-state index in [0.717, 1.165) is 11.8 Å². The molecule has 0 radical (unpaired) electrons. The van der Waals surface area contributed by atoms with Crippen molar-refractivity contribution in [2.24, 2.45) is 17.6 Å². The van der Waals surface area contributed by atoms with E-state index in [1.54, 1.807) is 0 Å². The Balaban J connectivity index is 1.88. The van der Waals surface area contributed by atoms with Crippen LogP contribution < -0.4 is 5.73 Å². The Morgan fingerprint density at radius 2 is 0.778 bits per heavy atom. The van der Waals surface area contributed by atoms with Crippen molar-refractivity contribution in [3.8, 4) is 0 Å². The Morgan fingerprint density at radius 3 is 1.22 bits per heavy atom. The zero-order valence-electron chi connectivity index (χ0n) is 12.2. The third-order valence-electron chi connectivity index (χ3n) is 5.37. The molecule has 0 aromatic rings. The van der Waals surface area contributed by atoms with Crippen LogP contribution in [0, 0.1) is 11.8 Å². The quantitative estimate of drug-likeness (QED) is 0.641. The standard InChI is InChI=1S/C17H33N/c18-17-13-7-5-11-15-9-3-1-2-4-10-16(15)12-6-8-14-17/h15-17H,1-14,18H2. The average molecular weight is 251 g/mol. The van der Waals surface area contributed by atoms with Crippen LogP contribution in [0.15, 0.2) is 0 Å². The van der Waals surface area contributed by atoms with E-state index < -0.39 is 0 Å². The Kier molecular flexibility index (Phi) is 6.54. The highest BCUT2D eigenvalue weighted by molar-refractivity contribution is 4.75. The van der Waals surface area contributed by atoms with Gasteiger partial charge in [-0.25, -0.2) is 0 Å². The summed E-state index contributed by atoms with van der Waals surface area (Å²) in [5, 5.41) is 0. The van der Waals surface area contributed by atoms with Crippen LogP contribution in [0.1, 0.15) is 89.9 Å². The van der Waals surface area contributed by atoms with Crippen LogP contribution in [0.4, 0.5) is 0 Å². The molecule has 0 aliphatic heterocycles. The molecule has 2 aliphatic carbocycles. The molecule has 2 atom stereocenters. The van der Waals surface area contributed by atoms with Crippen LogP contribution in [-0.4, -0.2) is 6.04 Å². The minimum atomic E-state index is 0.496. The minimum absolute atomic E-state index is 0.496. The molecule has 2 fully saturated rings. The molecule has 0 heterocycles. The van der Waals surface area contributed by atoms with Gasteiger partial charge in [-0.3, -0.25) is 0 Å². The maximum atomic E-state index is 6.17. The van der Waals surface area contributed by atoms with Crippen LogP contribution in [0.2, 0.25) is 0 Å². The molecule has 18 heavy (non-hydrogen) atoms. The molecule has 2 aliphatic rings. The van der Waals surface area contributed by atoms with Gasteiger partial charge in [-0.15, -0.1) is 0 Å². The van der Waals surface area contributed by atoms with Crippen molar-refractivity contribution < 1.29 is 0 Å². The second kappa shape index (κ2) is 8.19. The van der Waals surface area contributed by atoms with Crippen molar-refractivity contribution in [2.45, 2.75) is 95.9 Å². The van der Waals surface area contributed by atoms with Crippen LogP contribution in [-0.2, 0) is 0 Å². The van der Waals surface area contributed by atoms with Crippen LogP contribution in [0.3, 0.4) is 0 Å². The van der Waals surface area contributed by atoms with E-state index in [9.17, 15) is 0 Å². The summed E-state index contributed by atoms with van der Waals surface area (Å²) >= 11 is 0. The summed E-state index contributed by atoms with van der Waals surface area (Å²) in [7, 11) is 0. The van der Waals surface area contributed by atoms with Gasteiger partial charge in [-0.2, -0.15) is 0 Å². The van der Waals surface area contributed by atoms with Crippen molar-refractivity contribution in [1.82, 2.24) is 0 Å². The lowest BCUT2D eigenvalue weighted by Gasteiger charge is -2.29. The molecule has 0 amide bonds. The zero-order valence-corrected chi connectivity index (χ0v) is 12.2. The number of nitrogens with two attached hydrogens (primary N) is 1. The summed E-state index contributed by atoms with van der Waals surface area (Å²) in [4.78, 5) is 0. The molecular formula is C17H33N. The first-order valence-corrected chi connectivity index (χ1v) is 8.62. The molecule has 0 bridgehead atoms. The Bertz CT molecular complexity index is 192. The van der Waals surface area contributed by atoms with E-state index in [-0.39, 0.29) is 0 Å². The van der Waals surface area contributed by atoms with E-state index >= 15 is 0 Å². The Labute approximate surface area is 114 Å². The van der Waals surface area contributed by atoms with Gasteiger partial charge < -0.3 is 5.73 Å². The van der Waals surface area contributed by atoms with Gasteiger partial charge in [-0.05, 0) is 24.7 Å². The number of hydrogen-bond acceptors (Lipinski definition) is 1. The molecule has 2 N–H and O–H groups in total. The fourth-order valence-corrected chi connectivity index (χ4v) is 4.17. The summed E-state index contributed by atoms with van der Waals surface area (Å²) in [5.74, 6) is 2.11. The molecule has 2 saturated carbocycles. The highest BCUT2D eigenvalue weighted by Gasteiger charge is 2.22. The molecule has 2 unspecified atom stereocenters. The lowest BCUT2D eigenvalue weighted by molar-refractivity contribution is 0.226. The number of rotatable bonds is 0. The van der Waals surface area contributed by atoms with Gasteiger partial charge in [0.2, 0.25) is 0 Å². The van der Waals surface area contributed by atoms with E-state index in [4.69, 9.17) is 5.73 Å². The van der Waals surface area contributed by atoms with Crippen molar-refractivity contribution >= 4 is 0 Å². The summed E-state index contributed by atoms with van der Waals surface area (Å²) < 4.78 is 0. The SMILES string of the molecule is NC1CCCCC2CCCCCCC2CCCC1. The molecule has 0 spiro atoms. The third-order valence-corrected chi connectivity index (χ3v) is 5.37. The van der Waals surface area contributed by atoms with Crippen LogP contribution in [0.25, 0.3) is 0 Å². The average Bonchev–Trinajstić information content (AvgIpc) is 2.37. The highest BCUT2D eigenvalue weighted by atomic mass is 14.6. The van der Waals surface area contributed by atoms with E-state index in [1.165, 1.54) is 89.9 Å². The van der Waals surface area contributed by atoms with Crippen molar-refractivity contribution in [3.63, 3.8) is 0 Å². The zero-order chi connectivity index (χ0) is 12.6. The first-order chi connectivity index (χ1) is 8.86. The summed E-state index contributed by atoms with van der Waals surface area (Å²) in [5.41, 5.74) is 6.17. The second-order valence-electron chi connectivity index (χ2n) is 6.84. The van der Waals surface area contributed by atoms with Crippen LogP contribution >= 0.6 is 0 Å². The minimum Gasteiger partial charge on any atom is -0.328 e. The summed E-state index contributed by atoms with van der Waals surface area (Å²) in [6, 6.07) is 0.496. The molecular weight excluding hydrogens is 218 g/mol. The van der Waals surface area contributed by atoms with Gasteiger partial charge in [0, 0.05) is 6.04 Å². The van der Waals surface area contributed by atoms with Crippen molar-refractivity contribution in [3.05, 3.63) is 0 Å². The molecule has 1 nitrogen and oxygen atoms in total. The van der Waals surface area contributed by atoms with Gasteiger partial charge >= 0.3 is 0 Å².